The van der Waals surface area contributed by atoms with Crippen molar-refractivity contribution >= 4 is 27.6 Å². The Balaban J connectivity index is 0.000000497. The molecule has 190 valence electrons. The van der Waals surface area contributed by atoms with Gasteiger partial charge >= 0.3 is 5.97 Å². The fourth-order valence-electron chi connectivity index (χ4n) is 3.83. The van der Waals surface area contributed by atoms with Gasteiger partial charge in [0.25, 0.3) is 0 Å². The molecule has 0 radical (unpaired) electrons. The molecule has 2 aliphatic rings. The van der Waals surface area contributed by atoms with Gasteiger partial charge in [-0.05, 0) is 35.9 Å². The predicted molar refractivity (Wildman–Crippen MR) is 130 cm³/mol. The third-order valence-corrected chi connectivity index (χ3v) is 7.55. The van der Waals surface area contributed by atoms with Crippen LogP contribution < -0.4 is 15.0 Å². The number of benzene rings is 2. The summed E-state index contributed by atoms with van der Waals surface area (Å²) in [5.74, 6) is -0.520. The minimum Gasteiger partial charge on any atom is -0.497 e. The molecule has 0 aromatic heterocycles. The highest BCUT2D eigenvalue weighted by molar-refractivity contribution is 7.89. The normalized spacial score (nSPS) is 18.4. The average Bonchev–Trinajstić information content (AvgIpc) is 3.07. The molecule has 1 N–H and O–H groups in total. The number of ether oxygens (including phenoxy) is 3. The minimum absolute atomic E-state index is 0.0148. The van der Waals surface area contributed by atoms with Gasteiger partial charge in [0.05, 0.1) is 38.9 Å². The second-order valence-electron chi connectivity index (χ2n) is 7.89. The molecule has 0 saturated carbocycles. The van der Waals surface area contributed by atoms with Gasteiger partial charge in [-0.3, -0.25) is 9.59 Å². The van der Waals surface area contributed by atoms with E-state index in [4.69, 9.17) is 14.2 Å². The Morgan fingerprint density at radius 2 is 1.69 bits per heavy atom. The van der Waals surface area contributed by atoms with Crippen LogP contribution in [0, 0.1) is 0 Å². The van der Waals surface area contributed by atoms with E-state index in [0.717, 1.165) is 30.6 Å². The molecule has 2 aliphatic heterocycles. The van der Waals surface area contributed by atoms with Crippen molar-refractivity contribution in [2.45, 2.75) is 24.4 Å². The molecule has 1 fully saturated rings. The number of sulfonamides is 1. The maximum absolute atomic E-state index is 13.4. The second-order valence-corrected chi connectivity index (χ2v) is 9.78. The van der Waals surface area contributed by atoms with Gasteiger partial charge in [-0.1, -0.05) is 18.2 Å². The third kappa shape index (κ3) is 6.37. The number of amides is 1. The molecule has 1 unspecified atom stereocenters. The molecular weight excluding hydrogens is 474 g/mol. The number of hydrogen-bond acceptors (Lipinski definition) is 8. The summed E-state index contributed by atoms with van der Waals surface area (Å²) in [6, 6.07) is 11.7. The lowest BCUT2D eigenvalue weighted by molar-refractivity contribution is -0.144. The maximum Gasteiger partial charge on any atom is 0.326 e. The van der Waals surface area contributed by atoms with E-state index in [1.165, 1.54) is 50.3 Å². The predicted octanol–water partition coefficient (Wildman–Crippen LogP) is 1.40. The molecule has 0 bridgehead atoms. The lowest BCUT2D eigenvalue weighted by Gasteiger charge is -2.29. The van der Waals surface area contributed by atoms with Crippen molar-refractivity contribution in [2.75, 3.05) is 52.0 Å². The smallest absolute Gasteiger partial charge is 0.326 e. The quantitative estimate of drug-likeness (QED) is 0.621. The van der Waals surface area contributed by atoms with Crippen LogP contribution in [0.15, 0.2) is 53.4 Å². The Bertz CT molecular complexity index is 1110. The molecule has 1 amide bonds. The van der Waals surface area contributed by atoms with Crippen molar-refractivity contribution in [3.63, 3.8) is 0 Å². The highest BCUT2D eigenvalue weighted by Gasteiger charge is 2.41. The van der Waals surface area contributed by atoms with Crippen molar-refractivity contribution in [2.24, 2.45) is 0 Å². The summed E-state index contributed by atoms with van der Waals surface area (Å²) in [5.41, 5.74) is 1.19. The molecule has 1 saturated heterocycles. The van der Waals surface area contributed by atoms with Crippen molar-refractivity contribution in [1.29, 1.82) is 0 Å². The van der Waals surface area contributed by atoms with Crippen LogP contribution in [0.4, 0.5) is 5.69 Å². The standard InChI is InChI=1S/C20H22N2O6S.C4H9NO/c1-14(23)21-13-19(20(24)28-3)22(12-15-6-4-5-7-18(15)21)29(25,26)17-10-8-16(27-2)9-11-17;1-3-6-4-2-5-1/h4-11,19H,12-13H2,1-3H3;5H,1-4H2. The van der Waals surface area contributed by atoms with Gasteiger partial charge in [0.15, 0.2) is 0 Å². The van der Waals surface area contributed by atoms with Crippen LogP contribution >= 0.6 is 0 Å². The second kappa shape index (κ2) is 12.1. The van der Waals surface area contributed by atoms with E-state index in [1.807, 2.05) is 0 Å². The first kappa shape index (κ1) is 26.6. The number of rotatable bonds is 4. The monoisotopic (exact) mass is 505 g/mol. The van der Waals surface area contributed by atoms with Gasteiger partial charge in [0, 0.05) is 32.2 Å². The molecular formula is C24H31N3O7S. The Morgan fingerprint density at radius 1 is 1.03 bits per heavy atom. The number of nitrogens with zero attached hydrogens (tertiary/aromatic N) is 2. The van der Waals surface area contributed by atoms with Gasteiger partial charge in [-0.25, -0.2) is 8.42 Å². The van der Waals surface area contributed by atoms with Crippen LogP contribution in [0.2, 0.25) is 0 Å². The van der Waals surface area contributed by atoms with Gasteiger partial charge in [0.1, 0.15) is 11.8 Å². The Labute approximate surface area is 205 Å². The van der Waals surface area contributed by atoms with Crippen molar-refractivity contribution < 1.29 is 32.2 Å². The highest BCUT2D eigenvalue weighted by atomic mass is 32.2. The lowest BCUT2D eigenvalue weighted by Crippen LogP contribution is -2.50. The van der Waals surface area contributed by atoms with Crippen LogP contribution in [0.5, 0.6) is 5.75 Å². The molecule has 1 atom stereocenters. The van der Waals surface area contributed by atoms with Crippen LogP contribution in [-0.4, -0.2) is 77.7 Å². The first-order valence-corrected chi connectivity index (χ1v) is 12.6. The fraction of sp³-hybridized carbons (Fsp3) is 0.417. The Kier molecular flexibility index (Phi) is 9.21. The van der Waals surface area contributed by atoms with Crippen LogP contribution in [-0.2, 0) is 35.6 Å². The maximum atomic E-state index is 13.4. The molecule has 10 nitrogen and oxygen atoms in total. The van der Waals surface area contributed by atoms with Crippen LogP contribution in [0.3, 0.4) is 0 Å². The number of carbonyl (C=O) groups is 2. The van der Waals surface area contributed by atoms with Gasteiger partial charge < -0.3 is 24.4 Å². The fourth-order valence-corrected chi connectivity index (χ4v) is 5.37. The number of hydrogen-bond donors (Lipinski definition) is 1. The van der Waals surface area contributed by atoms with E-state index in [0.29, 0.717) is 17.0 Å². The number of methoxy groups -OCH3 is 2. The first-order valence-electron chi connectivity index (χ1n) is 11.2. The van der Waals surface area contributed by atoms with E-state index in [-0.39, 0.29) is 23.9 Å². The minimum atomic E-state index is -4.07. The average molecular weight is 506 g/mol. The molecule has 0 aliphatic carbocycles. The Morgan fingerprint density at radius 3 is 2.20 bits per heavy atom. The molecule has 2 heterocycles. The van der Waals surface area contributed by atoms with Crippen LogP contribution in [0.1, 0.15) is 12.5 Å². The largest absolute Gasteiger partial charge is 0.497 e. The Hall–Kier alpha value is -2.99. The highest BCUT2D eigenvalue weighted by Crippen LogP contribution is 2.32. The van der Waals surface area contributed by atoms with Gasteiger partial charge in [-0.15, -0.1) is 0 Å². The summed E-state index contributed by atoms with van der Waals surface area (Å²) < 4.78 is 42.9. The summed E-state index contributed by atoms with van der Waals surface area (Å²) >= 11 is 0. The molecule has 2 aromatic rings. The molecule has 11 heteroatoms. The zero-order valence-electron chi connectivity index (χ0n) is 20.1. The third-order valence-electron chi connectivity index (χ3n) is 5.68. The summed E-state index contributed by atoms with van der Waals surface area (Å²) in [6.45, 7) is 4.99. The lowest BCUT2D eigenvalue weighted by atomic mass is 10.1. The summed E-state index contributed by atoms with van der Waals surface area (Å²) in [7, 11) is -1.39. The zero-order chi connectivity index (χ0) is 25.4. The number of carbonyl (C=O) groups excluding carboxylic acids is 2. The molecule has 2 aromatic carbocycles. The zero-order valence-corrected chi connectivity index (χ0v) is 20.9. The van der Waals surface area contributed by atoms with E-state index in [1.54, 1.807) is 24.3 Å². The number of morpholine rings is 1. The first-order chi connectivity index (χ1) is 16.8. The van der Waals surface area contributed by atoms with Crippen molar-refractivity contribution in [3.8, 4) is 5.75 Å². The van der Waals surface area contributed by atoms with Gasteiger partial charge in [-0.2, -0.15) is 4.31 Å². The molecule has 35 heavy (non-hydrogen) atoms. The van der Waals surface area contributed by atoms with E-state index in [2.05, 4.69) is 5.32 Å². The van der Waals surface area contributed by atoms with Crippen LogP contribution in [0.25, 0.3) is 0 Å². The molecule has 0 spiro atoms. The number of nitrogens with one attached hydrogen (secondary N) is 1. The van der Waals surface area contributed by atoms with E-state index >= 15 is 0 Å². The SMILES string of the molecule is C1COCCN1.COC(=O)C1CN(C(C)=O)c2ccccc2CN1S(=O)(=O)c1ccc(OC)cc1. The van der Waals surface area contributed by atoms with Gasteiger partial charge in [0.2, 0.25) is 15.9 Å². The van der Waals surface area contributed by atoms with Crippen molar-refractivity contribution in [3.05, 3.63) is 54.1 Å². The number of fused-ring (bicyclic) bond motifs is 1. The summed E-state index contributed by atoms with van der Waals surface area (Å²) in [5, 5.41) is 3.16. The molecule has 4 rings (SSSR count). The van der Waals surface area contributed by atoms with E-state index < -0.39 is 22.0 Å². The number of anilines is 1. The number of esters is 1. The summed E-state index contributed by atoms with van der Waals surface area (Å²) in [4.78, 5) is 26.2. The van der Waals surface area contributed by atoms with E-state index in [9.17, 15) is 18.0 Å². The topological polar surface area (TPSA) is 114 Å². The number of para-hydroxylation sites is 1. The summed E-state index contributed by atoms with van der Waals surface area (Å²) in [6.07, 6.45) is 0. The van der Waals surface area contributed by atoms with Crippen molar-refractivity contribution in [1.82, 2.24) is 9.62 Å².